The zero-order valence-corrected chi connectivity index (χ0v) is 17.0. The maximum absolute atomic E-state index is 13.0. The molecule has 1 aliphatic heterocycles. The summed E-state index contributed by atoms with van der Waals surface area (Å²) in [5, 5.41) is 25.9. The number of hydrogen-bond acceptors (Lipinski definition) is 8. The third-order valence-electron chi connectivity index (χ3n) is 5.07. The quantitative estimate of drug-likeness (QED) is 0.211. The lowest BCUT2D eigenvalue weighted by atomic mass is 9.95. The number of benzene rings is 2. The number of amides is 1. The van der Waals surface area contributed by atoms with Crippen molar-refractivity contribution < 1.29 is 28.9 Å². The molecule has 1 aliphatic rings. The lowest BCUT2D eigenvalue weighted by molar-refractivity contribution is -0.384. The number of nitro benzene ring substituents is 1. The standard InChI is InChI=1S/C22H17N3O7/c1-12-10-17(23-32-12)24-19(13-6-8-15(9-7-13)25(29)30)18(21(27)22(24)28)20(26)14-4-3-5-16(11-14)31-2/h3-11,19,26H,1-2H3/b20-18+/t19-/m0/s1. The fraction of sp³-hybridized carbons (Fsp3) is 0.136. The van der Waals surface area contributed by atoms with Gasteiger partial charge in [-0.25, -0.2) is 0 Å². The Morgan fingerprint density at radius 1 is 1.19 bits per heavy atom. The number of aliphatic hydroxyl groups excluding tert-OH is 1. The number of Topliss-reactive ketones (excluding diaryl/α,β-unsaturated/α-hetero) is 1. The van der Waals surface area contributed by atoms with E-state index in [0.717, 1.165) is 4.90 Å². The van der Waals surface area contributed by atoms with Crippen molar-refractivity contribution in [1.29, 1.82) is 0 Å². The van der Waals surface area contributed by atoms with Gasteiger partial charge < -0.3 is 14.4 Å². The van der Waals surface area contributed by atoms with Crippen LogP contribution in [-0.4, -0.2) is 34.0 Å². The second kappa shape index (κ2) is 7.99. The van der Waals surface area contributed by atoms with Crippen molar-refractivity contribution in [3.63, 3.8) is 0 Å². The summed E-state index contributed by atoms with van der Waals surface area (Å²) in [5.41, 5.74) is 0.305. The number of nitro groups is 1. The van der Waals surface area contributed by atoms with Gasteiger partial charge in [-0.05, 0) is 36.8 Å². The number of carbonyl (C=O) groups excluding carboxylic acids is 2. The van der Waals surface area contributed by atoms with E-state index in [-0.39, 0.29) is 22.6 Å². The number of aliphatic hydroxyl groups is 1. The number of ether oxygens (including phenoxy) is 1. The number of anilines is 1. The van der Waals surface area contributed by atoms with E-state index in [0.29, 0.717) is 17.1 Å². The first-order valence-corrected chi connectivity index (χ1v) is 9.45. The molecule has 0 spiro atoms. The lowest BCUT2D eigenvalue weighted by Gasteiger charge is -2.22. The molecule has 2 aromatic carbocycles. The van der Waals surface area contributed by atoms with E-state index in [1.165, 1.54) is 43.5 Å². The van der Waals surface area contributed by atoms with Crippen molar-refractivity contribution in [2.75, 3.05) is 12.0 Å². The predicted octanol–water partition coefficient (Wildman–Crippen LogP) is 3.53. The minimum atomic E-state index is -1.08. The van der Waals surface area contributed by atoms with Gasteiger partial charge in [0, 0.05) is 23.8 Å². The summed E-state index contributed by atoms with van der Waals surface area (Å²) in [7, 11) is 1.46. The van der Waals surface area contributed by atoms with E-state index in [1.807, 2.05) is 0 Å². The number of nitrogens with zero attached hydrogens (tertiary/aromatic N) is 3. The molecule has 10 heteroatoms. The van der Waals surface area contributed by atoms with Crippen molar-refractivity contribution in [1.82, 2.24) is 5.16 Å². The zero-order chi connectivity index (χ0) is 23.0. The molecule has 1 atom stereocenters. The molecule has 4 rings (SSSR count). The fourth-order valence-corrected chi connectivity index (χ4v) is 3.56. The highest BCUT2D eigenvalue weighted by atomic mass is 16.6. The van der Waals surface area contributed by atoms with Crippen LogP contribution in [0.15, 0.2) is 64.7 Å². The summed E-state index contributed by atoms with van der Waals surface area (Å²) in [6.07, 6.45) is 0. The monoisotopic (exact) mass is 435 g/mol. The molecule has 3 aromatic rings. The number of non-ortho nitro benzene ring substituents is 1. The maximum atomic E-state index is 13.0. The van der Waals surface area contributed by atoms with Crippen LogP contribution in [0.3, 0.4) is 0 Å². The van der Waals surface area contributed by atoms with E-state index in [2.05, 4.69) is 5.16 Å². The molecule has 0 bridgehead atoms. The summed E-state index contributed by atoms with van der Waals surface area (Å²) in [5.74, 6) is -1.30. The Morgan fingerprint density at radius 3 is 2.50 bits per heavy atom. The SMILES string of the molecule is COc1cccc(/C(O)=C2\C(=O)C(=O)N(c3cc(C)on3)[C@H]2c2ccc([N+](=O)[O-])cc2)c1. The smallest absolute Gasteiger partial charge is 0.301 e. The van der Waals surface area contributed by atoms with Crippen molar-refractivity contribution in [2.45, 2.75) is 13.0 Å². The topological polar surface area (TPSA) is 136 Å². The van der Waals surface area contributed by atoms with Crippen molar-refractivity contribution in [2.24, 2.45) is 0 Å². The van der Waals surface area contributed by atoms with Gasteiger partial charge in [0.15, 0.2) is 5.82 Å². The number of methoxy groups -OCH3 is 1. The molecule has 1 aromatic heterocycles. The Hall–Kier alpha value is -4.47. The third-order valence-corrected chi connectivity index (χ3v) is 5.07. The first-order chi connectivity index (χ1) is 15.3. The van der Waals surface area contributed by atoms with E-state index in [4.69, 9.17) is 9.26 Å². The lowest BCUT2D eigenvalue weighted by Crippen LogP contribution is -2.29. The normalized spacial score (nSPS) is 17.6. The van der Waals surface area contributed by atoms with Crippen LogP contribution in [0, 0.1) is 17.0 Å². The number of hydrogen-bond donors (Lipinski definition) is 1. The molecular formula is C22H17N3O7. The van der Waals surface area contributed by atoms with Gasteiger partial charge in [0.25, 0.3) is 11.5 Å². The molecule has 1 N–H and O–H groups in total. The first kappa shape index (κ1) is 20.8. The predicted molar refractivity (Wildman–Crippen MR) is 112 cm³/mol. The molecule has 10 nitrogen and oxygen atoms in total. The molecule has 0 radical (unpaired) electrons. The molecule has 2 heterocycles. The number of rotatable bonds is 5. The Balaban J connectivity index is 1.93. The van der Waals surface area contributed by atoms with Gasteiger partial charge >= 0.3 is 5.91 Å². The van der Waals surface area contributed by atoms with Gasteiger partial charge in [-0.1, -0.05) is 17.3 Å². The summed E-state index contributed by atoms with van der Waals surface area (Å²) < 4.78 is 10.2. The highest BCUT2D eigenvalue weighted by molar-refractivity contribution is 6.51. The van der Waals surface area contributed by atoms with Gasteiger partial charge in [-0.15, -0.1) is 0 Å². The van der Waals surface area contributed by atoms with E-state index in [9.17, 15) is 24.8 Å². The van der Waals surface area contributed by atoms with Crippen molar-refractivity contribution in [3.05, 3.63) is 87.2 Å². The average Bonchev–Trinajstić information content (AvgIpc) is 3.34. The van der Waals surface area contributed by atoms with Crippen LogP contribution in [0.1, 0.15) is 22.9 Å². The van der Waals surface area contributed by atoms with Gasteiger partial charge in [-0.2, -0.15) is 0 Å². The molecular weight excluding hydrogens is 418 g/mol. The second-order valence-corrected chi connectivity index (χ2v) is 7.05. The van der Waals surface area contributed by atoms with Crippen LogP contribution in [0.4, 0.5) is 11.5 Å². The Labute approximate surface area is 181 Å². The number of aryl methyl sites for hydroxylation is 1. The molecule has 162 valence electrons. The Morgan fingerprint density at radius 2 is 1.91 bits per heavy atom. The average molecular weight is 435 g/mol. The summed E-state index contributed by atoms with van der Waals surface area (Å²) in [6, 6.07) is 12.2. The molecule has 32 heavy (non-hydrogen) atoms. The number of carbonyl (C=O) groups is 2. The van der Waals surface area contributed by atoms with Gasteiger partial charge in [0.2, 0.25) is 0 Å². The molecule has 1 fully saturated rings. The van der Waals surface area contributed by atoms with Crippen LogP contribution >= 0.6 is 0 Å². The summed E-state index contributed by atoms with van der Waals surface area (Å²) in [6.45, 7) is 1.63. The largest absolute Gasteiger partial charge is 0.507 e. The Bertz CT molecular complexity index is 1260. The number of ketones is 1. The highest BCUT2D eigenvalue weighted by Gasteiger charge is 2.48. The fourth-order valence-electron chi connectivity index (χ4n) is 3.56. The van der Waals surface area contributed by atoms with Gasteiger partial charge in [0.05, 0.1) is 23.6 Å². The van der Waals surface area contributed by atoms with Crippen LogP contribution in [0.5, 0.6) is 5.75 Å². The van der Waals surface area contributed by atoms with Crippen LogP contribution in [0.25, 0.3) is 5.76 Å². The minimum absolute atomic E-state index is 0.0812. The maximum Gasteiger partial charge on any atom is 0.301 e. The summed E-state index contributed by atoms with van der Waals surface area (Å²) in [4.78, 5) is 37.6. The Kier molecular flexibility index (Phi) is 5.19. The first-order valence-electron chi connectivity index (χ1n) is 9.45. The second-order valence-electron chi connectivity index (χ2n) is 7.05. The highest BCUT2D eigenvalue weighted by Crippen LogP contribution is 2.42. The van der Waals surface area contributed by atoms with Crippen molar-refractivity contribution >= 4 is 29.0 Å². The van der Waals surface area contributed by atoms with Crippen LogP contribution in [-0.2, 0) is 9.59 Å². The van der Waals surface area contributed by atoms with Gasteiger partial charge in [-0.3, -0.25) is 24.6 Å². The summed E-state index contributed by atoms with van der Waals surface area (Å²) >= 11 is 0. The van der Waals surface area contributed by atoms with E-state index in [1.54, 1.807) is 25.1 Å². The van der Waals surface area contributed by atoms with E-state index >= 15 is 0 Å². The van der Waals surface area contributed by atoms with Crippen molar-refractivity contribution in [3.8, 4) is 5.75 Å². The third kappa shape index (κ3) is 3.47. The van der Waals surface area contributed by atoms with E-state index < -0.39 is 28.4 Å². The zero-order valence-electron chi connectivity index (χ0n) is 17.0. The molecule has 0 unspecified atom stereocenters. The molecule has 0 aliphatic carbocycles. The number of aromatic nitrogens is 1. The van der Waals surface area contributed by atoms with Gasteiger partial charge in [0.1, 0.15) is 17.3 Å². The minimum Gasteiger partial charge on any atom is -0.507 e. The molecule has 0 saturated carbocycles. The molecule has 1 saturated heterocycles. The van der Waals surface area contributed by atoms with Crippen LogP contribution < -0.4 is 9.64 Å². The van der Waals surface area contributed by atoms with Crippen LogP contribution in [0.2, 0.25) is 0 Å². The molecule has 1 amide bonds.